The molecule has 0 aromatic heterocycles. The van der Waals surface area contributed by atoms with E-state index in [1.54, 1.807) is 6.07 Å². The Balaban J connectivity index is 2.36. The van der Waals surface area contributed by atoms with Gasteiger partial charge in [-0.15, -0.1) is 0 Å². The number of hydrogen-bond donors (Lipinski definition) is 1. The van der Waals surface area contributed by atoms with Crippen molar-refractivity contribution < 1.29 is 4.79 Å². The van der Waals surface area contributed by atoms with Crippen LogP contribution < -0.4 is 5.73 Å². The Kier molecular flexibility index (Phi) is 4.73. The minimum atomic E-state index is -0.322. The molecule has 0 aliphatic heterocycles. The molecule has 3 heteroatoms. The van der Waals surface area contributed by atoms with Crippen molar-refractivity contribution in [3.8, 4) is 6.07 Å². The third-order valence-corrected chi connectivity index (χ3v) is 3.68. The third-order valence-electron chi connectivity index (χ3n) is 3.68. The minimum Gasteiger partial charge on any atom is -0.370 e. The molecule has 2 aromatic rings. The maximum absolute atomic E-state index is 11.4. The number of aryl methyl sites for hydroxylation is 1. The van der Waals surface area contributed by atoms with Gasteiger partial charge in [-0.1, -0.05) is 42.5 Å². The van der Waals surface area contributed by atoms with Gasteiger partial charge in [-0.3, -0.25) is 4.79 Å². The number of nitrogens with zero attached hydrogens (tertiary/aromatic N) is 1. The molecule has 3 nitrogen and oxygen atoms in total. The summed E-state index contributed by atoms with van der Waals surface area (Å²) in [5.41, 5.74) is 9.26. The highest BCUT2D eigenvalue weighted by Gasteiger charge is 2.18. The van der Waals surface area contributed by atoms with Crippen LogP contribution in [0.25, 0.3) is 0 Å². The van der Waals surface area contributed by atoms with Crippen LogP contribution in [-0.2, 0) is 11.2 Å². The summed E-state index contributed by atoms with van der Waals surface area (Å²) in [5, 5.41) is 9.20. The number of rotatable bonds is 5. The Morgan fingerprint density at radius 2 is 1.86 bits per heavy atom. The van der Waals surface area contributed by atoms with Gasteiger partial charge >= 0.3 is 0 Å². The molecule has 1 unspecified atom stereocenters. The first kappa shape index (κ1) is 14.8. The average molecular weight is 278 g/mol. The number of benzene rings is 2. The van der Waals surface area contributed by atoms with E-state index >= 15 is 0 Å². The second-order valence-corrected chi connectivity index (χ2v) is 5.20. The van der Waals surface area contributed by atoms with Gasteiger partial charge < -0.3 is 5.73 Å². The molecule has 2 N–H and O–H groups in total. The fraction of sp³-hybridized carbons (Fsp3) is 0.222. The largest absolute Gasteiger partial charge is 0.370 e. The van der Waals surface area contributed by atoms with E-state index in [0.717, 1.165) is 16.7 Å². The van der Waals surface area contributed by atoms with Gasteiger partial charge in [0, 0.05) is 6.42 Å². The number of primary amides is 1. The summed E-state index contributed by atoms with van der Waals surface area (Å²) in [7, 11) is 0. The number of amides is 1. The van der Waals surface area contributed by atoms with Gasteiger partial charge in [0.15, 0.2) is 0 Å². The number of hydrogen-bond acceptors (Lipinski definition) is 2. The molecule has 0 saturated carbocycles. The predicted molar refractivity (Wildman–Crippen MR) is 82.6 cm³/mol. The van der Waals surface area contributed by atoms with E-state index in [1.165, 1.54) is 0 Å². The molecule has 0 saturated heterocycles. The smallest absolute Gasteiger partial charge is 0.218 e. The van der Waals surface area contributed by atoms with Crippen LogP contribution in [0, 0.1) is 18.3 Å². The second kappa shape index (κ2) is 6.71. The Morgan fingerprint density at radius 1 is 1.19 bits per heavy atom. The first-order chi connectivity index (χ1) is 10.1. The molecule has 0 radical (unpaired) electrons. The molecule has 2 rings (SSSR count). The number of carbonyl (C=O) groups is 1. The van der Waals surface area contributed by atoms with Crippen molar-refractivity contribution in [3.63, 3.8) is 0 Å². The highest BCUT2D eigenvalue weighted by atomic mass is 16.1. The Morgan fingerprint density at radius 3 is 2.52 bits per heavy atom. The molecule has 0 fully saturated rings. The number of nitriles is 1. The average Bonchev–Trinajstić information content (AvgIpc) is 2.47. The summed E-state index contributed by atoms with van der Waals surface area (Å²) in [6.45, 7) is 2.03. The van der Waals surface area contributed by atoms with Crippen molar-refractivity contribution in [3.05, 3.63) is 70.8 Å². The zero-order valence-corrected chi connectivity index (χ0v) is 12.0. The van der Waals surface area contributed by atoms with Gasteiger partial charge in [-0.2, -0.15) is 5.26 Å². The van der Waals surface area contributed by atoms with Crippen LogP contribution in [0.2, 0.25) is 0 Å². The Bertz CT molecular complexity index is 686. The number of nitrogens with two attached hydrogens (primary N) is 1. The van der Waals surface area contributed by atoms with Crippen molar-refractivity contribution in [1.82, 2.24) is 0 Å². The lowest BCUT2D eigenvalue weighted by Gasteiger charge is -2.19. The molecule has 2 aromatic carbocycles. The molecule has 0 bridgehead atoms. The first-order valence-corrected chi connectivity index (χ1v) is 6.93. The topological polar surface area (TPSA) is 66.9 Å². The highest BCUT2D eigenvalue weighted by molar-refractivity contribution is 5.75. The molecule has 1 amide bonds. The van der Waals surface area contributed by atoms with E-state index < -0.39 is 0 Å². The van der Waals surface area contributed by atoms with Crippen molar-refractivity contribution >= 4 is 5.91 Å². The standard InChI is InChI=1S/C18H18N2O/c1-13-6-2-5-9-17(13)16(11-18(20)21)10-14-7-3-4-8-15(14)12-19/h2-9,16H,10-11H2,1H3,(H2,20,21). The quantitative estimate of drug-likeness (QED) is 0.913. The summed E-state index contributed by atoms with van der Waals surface area (Å²) in [6.07, 6.45) is 0.919. The van der Waals surface area contributed by atoms with Crippen LogP contribution in [0.1, 0.15) is 34.6 Å². The maximum atomic E-state index is 11.4. The van der Waals surface area contributed by atoms with Gasteiger partial charge in [-0.05, 0) is 42.0 Å². The lowest BCUT2D eigenvalue weighted by molar-refractivity contribution is -0.118. The molecule has 0 aliphatic rings. The normalized spacial score (nSPS) is 11.6. The molecule has 1 atom stereocenters. The van der Waals surface area contributed by atoms with E-state index in [9.17, 15) is 10.1 Å². The summed E-state index contributed by atoms with van der Waals surface area (Å²) in [5.74, 6) is -0.323. The lowest BCUT2D eigenvalue weighted by Crippen LogP contribution is -2.17. The summed E-state index contributed by atoms with van der Waals surface area (Å²) < 4.78 is 0. The van der Waals surface area contributed by atoms with Gasteiger partial charge in [0.05, 0.1) is 11.6 Å². The second-order valence-electron chi connectivity index (χ2n) is 5.20. The monoisotopic (exact) mass is 278 g/mol. The molecule has 0 heterocycles. The SMILES string of the molecule is Cc1ccccc1C(CC(N)=O)Cc1ccccc1C#N. The van der Waals surface area contributed by atoms with Crippen LogP contribution in [0.3, 0.4) is 0 Å². The fourth-order valence-electron chi connectivity index (χ4n) is 2.65. The van der Waals surface area contributed by atoms with Crippen molar-refractivity contribution in [2.45, 2.75) is 25.7 Å². The van der Waals surface area contributed by atoms with Gasteiger partial charge in [0.2, 0.25) is 5.91 Å². The van der Waals surface area contributed by atoms with Gasteiger partial charge in [0.25, 0.3) is 0 Å². The summed E-state index contributed by atoms with van der Waals surface area (Å²) in [6, 6.07) is 17.7. The maximum Gasteiger partial charge on any atom is 0.218 e. The van der Waals surface area contributed by atoms with Crippen LogP contribution in [0.5, 0.6) is 0 Å². The zero-order valence-electron chi connectivity index (χ0n) is 12.0. The number of carbonyl (C=O) groups excluding carboxylic acids is 1. The third kappa shape index (κ3) is 3.70. The molecule has 0 spiro atoms. The van der Waals surface area contributed by atoms with E-state index in [2.05, 4.69) is 6.07 Å². The van der Waals surface area contributed by atoms with E-state index in [-0.39, 0.29) is 18.2 Å². The minimum absolute atomic E-state index is 0.00167. The first-order valence-electron chi connectivity index (χ1n) is 6.93. The highest BCUT2D eigenvalue weighted by Crippen LogP contribution is 2.28. The van der Waals surface area contributed by atoms with Crippen molar-refractivity contribution in [2.75, 3.05) is 0 Å². The van der Waals surface area contributed by atoms with Gasteiger partial charge in [0.1, 0.15) is 0 Å². The van der Waals surface area contributed by atoms with Gasteiger partial charge in [-0.25, -0.2) is 0 Å². The molecular formula is C18H18N2O. The summed E-state index contributed by atoms with van der Waals surface area (Å²) in [4.78, 5) is 11.4. The van der Waals surface area contributed by atoms with E-state index in [4.69, 9.17) is 5.73 Å². The lowest BCUT2D eigenvalue weighted by atomic mass is 9.85. The van der Waals surface area contributed by atoms with Crippen LogP contribution in [0.4, 0.5) is 0 Å². The molecular weight excluding hydrogens is 260 g/mol. The molecule has 106 valence electrons. The fourth-order valence-corrected chi connectivity index (χ4v) is 2.65. The summed E-state index contributed by atoms with van der Waals surface area (Å²) >= 11 is 0. The van der Waals surface area contributed by atoms with E-state index in [0.29, 0.717) is 12.0 Å². The molecule has 21 heavy (non-hydrogen) atoms. The van der Waals surface area contributed by atoms with Crippen LogP contribution >= 0.6 is 0 Å². The molecule has 0 aliphatic carbocycles. The van der Waals surface area contributed by atoms with Crippen LogP contribution in [-0.4, -0.2) is 5.91 Å². The Labute approximate surface area is 125 Å². The Hall–Kier alpha value is -2.60. The van der Waals surface area contributed by atoms with Crippen LogP contribution in [0.15, 0.2) is 48.5 Å². The van der Waals surface area contributed by atoms with Crippen molar-refractivity contribution in [1.29, 1.82) is 5.26 Å². The van der Waals surface area contributed by atoms with E-state index in [1.807, 2.05) is 49.4 Å². The zero-order chi connectivity index (χ0) is 15.2. The predicted octanol–water partition coefficient (Wildman–Crippen LogP) is 3.07. The van der Waals surface area contributed by atoms with Crippen molar-refractivity contribution in [2.24, 2.45) is 5.73 Å².